The van der Waals surface area contributed by atoms with E-state index in [4.69, 9.17) is 0 Å². The van der Waals surface area contributed by atoms with Gasteiger partial charge in [-0.3, -0.25) is 14.2 Å². The van der Waals surface area contributed by atoms with E-state index in [1.165, 1.54) is 34.8 Å². The van der Waals surface area contributed by atoms with E-state index < -0.39 is 6.04 Å². The molecule has 0 saturated heterocycles. The summed E-state index contributed by atoms with van der Waals surface area (Å²) in [6.45, 7) is 1.79. The molecule has 0 fully saturated rings. The smallest absolute Gasteiger partial charge is 0.271 e. The highest BCUT2D eigenvalue weighted by atomic mass is 32.1. The van der Waals surface area contributed by atoms with Crippen molar-refractivity contribution in [3.63, 3.8) is 0 Å². The van der Waals surface area contributed by atoms with Crippen molar-refractivity contribution in [1.82, 2.24) is 4.57 Å². The number of hydrogen-bond donors (Lipinski definition) is 1. The van der Waals surface area contributed by atoms with Crippen LogP contribution in [0.15, 0.2) is 93.2 Å². The lowest BCUT2D eigenvalue weighted by molar-refractivity contribution is -0.113. The number of benzene rings is 2. The number of thiophene rings is 1. The van der Waals surface area contributed by atoms with Gasteiger partial charge in [-0.25, -0.2) is 9.38 Å². The molecule has 1 N–H and O–H groups in total. The Morgan fingerprint density at radius 2 is 1.85 bits per heavy atom. The summed E-state index contributed by atoms with van der Waals surface area (Å²) in [5.41, 5.74) is 2.14. The number of fused-ring (bicyclic) bond motifs is 1. The van der Waals surface area contributed by atoms with Gasteiger partial charge >= 0.3 is 0 Å². The lowest BCUT2D eigenvalue weighted by Gasteiger charge is -2.24. The van der Waals surface area contributed by atoms with E-state index in [9.17, 15) is 14.0 Å². The summed E-state index contributed by atoms with van der Waals surface area (Å²) in [6, 6.07) is 18.4. The number of halogens is 1. The largest absolute Gasteiger partial charge is 0.322 e. The minimum absolute atomic E-state index is 0.237. The molecule has 8 heteroatoms. The molecule has 0 saturated carbocycles. The first-order chi connectivity index (χ1) is 16.0. The quantitative estimate of drug-likeness (QED) is 0.484. The molecule has 1 aliphatic rings. The molecule has 2 aromatic heterocycles. The minimum Gasteiger partial charge on any atom is -0.322 e. The van der Waals surface area contributed by atoms with E-state index in [0.717, 1.165) is 4.88 Å². The summed E-state index contributed by atoms with van der Waals surface area (Å²) in [6.07, 6.45) is 1.72. The van der Waals surface area contributed by atoms with Crippen LogP contribution in [0.5, 0.6) is 0 Å². The zero-order valence-corrected chi connectivity index (χ0v) is 19.1. The van der Waals surface area contributed by atoms with Gasteiger partial charge in [0.05, 0.1) is 15.8 Å². The maximum atomic E-state index is 13.5. The van der Waals surface area contributed by atoms with Crippen LogP contribution in [0, 0.1) is 5.82 Å². The first kappa shape index (κ1) is 21.2. The Kier molecular flexibility index (Phi) is 5.62. The van der Waals surface area contributed by atoms with E-state index in [2.05, 4.69) is 10.3 Å². The maximum absolute atomic E-state index is 13.5. The van der Waals surface area contributed by atoms with Gasteiger partial charge in [0.2, 0.25) is 0 Å². The van der Waals surface area contributed by atoms with Crippen molar-refractivity contribution in [3.8, 4) is 0 Å². The predicted octanol–water partition coefficient (Wildman–Crippen LogP) is 4.07. The van der Waals surface area contributed by atoms with Gasteiger partial charge in [0.1, 0.15) is 11.9 Å². The van der Waals surface area contributed by atoms with Crippen LogP contribution in [-0.2, 0) is 4.79 Å². The lowest BCUT2D eigenvalue weighted by atomic mass is 10.0. The molecule has 0 spiro atoms. The summed E-state index contributed by atoms with van der Waals surface area (Å²) >= 11 is 2.74. The molecule has 1 amide bonds. The summed E-state index contributed by atoms with van der Waals surface area (Å²) in [5, 5.41) is 4.85. The van der Waals surface area contributed by atoms with Gasteiger partial charge < -0.3 is 5.32 Å². The SMILES string of the molecule is CC1=C(C(=O)Nc2ccccc2)[C@@H](c2cccs2)n2c(s/c(=C/c3ccc(F)cc3)c2=O)=N1. The van der Waals surface area contributed by atoms with Crippen LogP contribution >= 0.6 is 22.7 Å². The number of carbonyl (C=O) groups excluding carboxylic acids is 1. The van der Waals surface area contributed by atoms with E-state index in [0.29, 0.717) is 31.9 Å². The number of thiazole rings is 1. The number of amides is 1. The number of nitrogens with one attached hydrogen (secondary N) is 1. The van der Waals surface area contributed by atoms with Crippen LogP contribution in [0.3, 0.4) is 0 Å². The van der Waals surface area contributed by atoms with E-state index >= 15 is 0 Å². The molecule has 5 nitrogen and oxygen atoms in total. The number of carbonyl (C=O) groups is 1. The number of aromatic nitrogens is 1. The molecular formula is C25H18FN3O2S2. The van der Waals surface area contributed by atoms with E-state index in [1.54, 1.807) is 29.7 Å². The molecule has 4 aromatic rings. The Morgan fingerprint density at radius 3 is 2.55 bits per heavy atom. The highest BCUT2D eigenvalue weighted by Crippen LogP contribution is 2.33. The molecule has 1 atom stereocenters. The third-order valence-corrected chi connectivity index (χ3v) is 7.19. The lowest BCUT2D eigenvalue weighted by Crippen LogP contribution is -2.40. The highest BCUT2D eigenvalue weighted by molar-refractivity contribution is 7.10. The number of para-hydroxylation sites is 1. The molecule has 0 radical (unpaired) electrons. The second kappa shape index (κ2) is 8.73. The fourth-order valence-corrected chi connectivity index (χ4v) is 5.63. The van der Waals surface area contributed by atoms with Crippen LogP contribution < -0.4 is 20.2 Å². The molecule has 3 heterocycles. The van der Waals surface area contributed by atoms with Crippen LogP contribution in [0.25, 0.3) is 6.08 Å². The van der Waals surface area contributed by atoms with Gasteiger partial charge in [-0.15, -0.1) is 11.3 Å². The van der Waals surface area contributed by atoms with Crippen molar-refractivity contribution in [2.45, 2.75) is 13.0 Å². The average molecular weight is 476 g/mol. The average Bonchev–Trinajstić information content (AvgIpc) is 3.44. The van der Waals surface area contributed by atoms with Crippen molar-refractivity contribution in [2.24, 2.45) is 4.99 Å². The zero-order chi connectivity index (χ0) is 22.9. The summed E-state index contributed by atoms with van der Waals surface area (Å²) < 4.78 is 15.3. The topological polar surface area (TPSA) is 63.5 Å². The molecule has 1 aliphatic heterocycles. The Bertz CT molecular complexity index is 1530. The summed E-state index contributed by atoms with van der Waals surface area (Å²) in [5.74, 6) is -0.635. The van der Waals surface area contributed by atoms with Crippen LogP contribution in [0.4, 0.5) is 10.1 Å². The number of hydrogen-bond acceptors (Lipinski definition) is 5. The third kappa shape index (κ3) is 4.10. The Balaban J connectivity index is 1.65. The molecule has 2 aromatic carbocycles. The number of anilines is 1. The molecule has 0 bridgehead atoms. The fraction of sp³-hybridized carbons (Fsp3) is 0.0800. The zero-order valence-electron chi connectivity index (χ0n) is 17.5. The maximum Gasteiger partial charge on any atom is 0.271 e. The molecular weight excluding hydrogens is 457 g/mol. The van der Waals surface area contributed by atoms with Gasteiger partial charge in [0.15, 0.2) is 4.80 Å². The van der Waals surface area contributed by atoms with Gasteiger partial charge in [-0.05, 0) is 54.3 Å². The highest BCUT2D eigenvalue weighted by Gasteiger charge is 2.33. The van der Waals surface area contributed by atoms with Crippen molar-refractivity contribution in [1.29, 1.82) is 0 Å². The van der Waals surface area contributed by atoms with Crippen LogP contribution in [-0.4, -0.2) is 10.5 Å². The number of rotatable bonds is 4. The first-order valence-electron chi connectivity index (χ1n) is 10.2. The Labute approximate surface area is 196 Å². The van der Waals surface area contributed by atoms with Crippen LogP contribution in [0.2, 0.25) is 0 Å². The molecule has 164 valence electrons. The molecule has 33 heavy (non-hydrogen) atoms. The summed E-state index contributed by atoms with van der Waals surface area (Å²) in [7, 11) is 0. The molecule has 0 aliphatic carbocycles. The second-order valence-electron chi connectivity index (χ2n) is 7.47. The fourth-order valence-electron chi connectivity index (χ4n) is 3.76. The van der Waals surface area contributed by atoms with Gasteiger partial charge in [0, 0.05) is 10.6 Å². The van der Waals surface area contributed by atoms with Crippen molar-refractivity contribution in [3.05, 3.63) is 119 Å². The van der Waals surface area contributed by atoms with Crippen molar-refractivity contribution >= 4 is 40.3 Å². The number of nitrogens with zero attached hydrogens (tertiary/aromatic N) is 2. The monoisotopic (exact) mass is 475 g/mol. The van der Waals surface area contributed by atoms with Crippen molar-refractivity contribution < 1.29 is 9.18 Å². The second-order valence-corrected chi connectivity index (χ2v) is 9.46. The minimum atomic E-state index is -0.583. The van der Waals surface area contributed by atoms with Gasteiger partial charge in [-0.2, -0.15) is 0 Å². The Morgan fingerprint density at radius 1 is 1.09 bits per heavy atom. The van der Waals surface area contributed by atoms with E-state index in [1.807, 2.05) is 47.8 Å². The van der Waals surface area contributed by atoms with Crippen molar-refractivity contribution in [2.75, 3.05) is 5.32 Å². The van der Waals surface area contributed by atoms with Crippen LogP contribution in [0.1, 0.15) is 23.4 Å². The normalized spacial score (nSPS) is 15.8. The predicted molar refractivity (Wildman–Crippen MR) is 130 cm³/mol. The first-order valence-corrected chi connectivity index (χ1v) is 11.9. The Hall–Kier alpha value is -3.62. The van der Waals surface area contributed by atoms with Gasteiger partial charge in [-0.1, -0.05) is 47.7 Å². The number of allylic oxidation sites excluding steroid dienone is 1. The molecule has 0 unspecified atom stereocenters. The molecule has 5 rings (SSSR count). The van der Waals surface area contributed by atoms with E-state index in [-0.39, 0.29) is 17.3 Å². The standard InChI is InChI=1S/C25H18FN3O2S2/c1-15-21(23(30)28-18-6-3-2-4-7-18)22(19-8-5-13-32-19)29-24(31)20(33-25(29)27-15)14-16-9-11-17(26)12-10-16/h2-14,22H,1H3,(H,28,30)/b20-14+/t22-/m1/s1. The van der Waals surface area contributed by atoms with Gasteiger partial charge in [0.25, 0.3) is 11.5 Å². The third-order valence-electron chi connectivity index (χ3n) is 5.28. The summed E-state index contributed by atoms with van der Waals surface area (Å²) in [4.78, 5) is 32.8.